The van der Waals surface area contributed by atoms with Crippen molar-refractivity contribution in [3.8, 4) is 0 Å². The lowest BCUT2D eigenvalue weighted by Crippen LogP contribution is -2.67. The highest BCUT2D eigenvalue weighted by Crippen LogP contribution is 2.44. The Bertz CT molecular complexity index is 1600. The largest absolute Gasteiger partial charge is 0.446 e. The van der Waals surface area contributed by atoms with Gasteiger partial charge in [0.1, 0.15) is 18.5 Å². The monoisotopic (exact) mass is 649 g/mol. The molecule has 2 aliphatic rings. The van der Waals surface area contributed by atoms with Crippen LogP contribution in [0.2, 0.25) is 5.04 Å². The first-order valence-corrected chi connectivity index (χ1v) is 18.7. The summed E-state index contributed by atoms with van der Waals surface area (Å²) >= 11 is 0. The van der Waals surface area contributed by atoms with Crippen molar-refractivity contribution in [3.05, 3.63) is 132 Å². The van der Waals surface area contributed by atoms with Crippen LogP contribution in [-0.2, 0) is 14.0 Å². The van der Waals surface area contributed by atoms with E-state index < -0.39 is 20.5 Å². The third kappa shape index (κ3) is 6.83. The molecule has 0 bridgehead atoms. The number of ether oxygens (including phenoxy) is 1. The van der Waals surface area contributed by atoms with E-state index in [1.165, 1.54) is 27.4 Å². The van der Waals surface area contributed by atoms with E-state index in [0.717, 1.165) is 36.8 Å². The van der Waals surface area contributed by atoms with E-state index in [9.17, 15) is 14.0 Å². The number of cyclic esters (lactones) is 1. The molecule has 1 aliphatic heterocycles. The molecule has 0 N–H and O–H groups in total. The van der Waals surface area contributed by atoms with Crippen molar-refractivity contribution in [2.75, 3.05) is 6.61 Å². The number of hydrogen-bond acceptors (Lipinski definition) is 4. The number of halogens is 1. The number of imide groups is 1. The fraction of sp³-hybridized carbons (Fsp3) is 0.350. The summed E-state index contributed by atoms with van der Waals surface area (Å²) in [5.41, 5.74) is 1.78. The van der Waals surface area contributed by atoms with E-state index in [2.05, 4.69) is 81.4 Å². The lowest BCUT2D eigenvalue weighted by Gasteiger charge is -2.46. The van der Waals surface area contributed by atoms with Gasteiger partial charge in [-0.1, -0.05) is 124 Å². The van der Waals surface area contributed by atoms with Gasteiger partial charge in [0.2, 0.25) is 5.91 Å². The van der Waals surface area contributed by atoms with E-state index in [0.29, 0.717) is 0 Å². The summed E-state index contributed by atoms with van der Waals surface area (Å²) < 4.78 is 26.9. The molecule has 4 aromatic rings. The van der Waals surface area contributed by atoms with Crippen molar-refractivity contribution in [3.63, 3.8) is 0 Å². The van der Waals surface area contributed by atoms with Gasteiger partial charge in [-0.25, -0.2) is 14.1 Å². The first kappa shape index (κ1) is 32.9. The number of amides is 2. The van der Waals surface area contributed by atoms with Gasteiger partial charge in [0.15, 0.2) is 0 Å². The van der Waals surface area contributed by atoms with Gasteiger partial charge in [0.05, 0.1) is 0 Å². The smallest absolute Gasteiger partial charge is 0.417 e. The number of carbonyl (C=O) groups is 2. The fourth-order valence-electron chi connectivity index (χ4n) is 7.72. The van der Waals surface area contributed by atoms with Gasteiger partial charge in [0.25, 0.3) is 8.32 Å². The molecule has 0 unspecified atom stereocenters. The van der Waals surface area contributed by atoms with Crippen LogP contribution in [0.1, 0.15) is 76.0 Å². The maximum Gasteiger partial charge on any atom is 0.417 e. The molecule has 0 aromatic heterocycles. The van der Waals surface area contributed by atoms with Crippen molar-refractivity contribution in [2.45, 2.75) is 76.0 Å². The predicted octanol–water partition coefficient (Wildman–Crippen LogP) is 8.15. The third-order valence-corrected chi connectivity index (χ3v) is 15.2. The maximum atomic E-state index is 14.0. The molecule has 0 spiro atoms. The lowest BCUT2D eigenvalue weighted by molar-refractivity contribution is -0.130. The number of hydrogen-bond donors (Lipinski definition) is 0. The molecular formula is C40H44FNO4Si. The van der Waals surface area contributed by atoms with Gasteiger partial charge >= 0.3 is 6.09 Å². The first-order valence-electron chi connectivity index (χ1n) is 16.8. The van der Waals surface area contributed by atoms with E-state index >= 15 is 0 Å². The standard InChI is InChI=1S/C40H44FNO4Si/c1-40(2,3)47(34-15-9-5-10-16-34,35-17-11-6-12-18-35)46-33-25-21-30(22-26-33)36(29-19-23-32(41)24-20-29)27-38(43)42-37(28-45-39(42)44)31-13-7-4-8-14-31/h4-20,23-24,30,33,36-37H,21-22,25-28H2,1-3H3/t30-,33-,36-,37+/m0/s1. The third-order valence-electron chi connectivity index (χ3n) is 10.1. The van der Waals surface area contributed by atoms with Crippen molar-refractivity contribution in [1.29, 1.82) is 0 Å². The molecule has 2 amide bonds. The highest BCUT2D eigenvalue weighted by Gasteiger charge is 2.52. The highest BCUT2D eigenvalue weighted by atomic mass is 28.4. The zero-order valence-corrected chi connectivity index (χ0v) is 28.5. The van der Waals surface area contributed by atoms with Crippen LogP contribution in [-0.4, -0.2) is 37.9 Å². The average molecular weight is 650 g/mol. The van der Waals surface area contributed by atoms with E-state index in [1.54, 1.807) is 12.1 Å². The molecule has 6 rings (SSSR count). The molecule has 7 heteroatoms. The Labute approximate surface area is 278 Å². The quantitative estimate of drug-likeness (QED) is 0.172. The summed E-state index contributed by atoms with van der Waals surface area (Å²) in [6.45, 7) is 7.04. The molecular weight excluding hydrogens is 606 g/mol. The molecule has 1 saturated heterocycles. The minimum absolute atomic E-state index is 0.0677. The van der Waals surface area contributed by atoms with Gasteiger partial charge in [-0.05, 0) is 76.2 Å². The van der Waals surface area contributed by atoms with Crippen LogP contribution in [0, 0.1) is 11.7 Å². The van der Waals surface area contributed by atoms with Crippen molar-refractivity contribution < 1.29 is 23.1 Å². The number of carbonyl (C=O) groups excluding carboxylic acids is 2. The zero-order valence-electron chi connectivity index (χ0n) is 27.5. The topological polar surface area (TPSA) is 55.8 Å². The van der Waals surface area contributed by atoms with E-state index in [1.807, 2.05) is 30.3 Å². The van der Waals surface area contributed by atoms with Gasteiger partial charge in [-0.2, -0.15) is 0 Å². The van der Waals surface area contributed by atoms with Crippen LogP contribution in [0.3, 0.4) is 0 Å². The Morgan fingerprint density at radius 2 is 1.36 bits per heavy atom. The first-order chi connectivity index (χ1) is 22.7. The number of rotatable bonds is 9. The van der Waals surface area contributed by atoms with Gasteiger partial charge in [-0.3, -0.25) is 4.79 Å². The lowest BCUT2D eigenvalue weighted by atomic mass is 9.74. The summed E-state index contributed by atoms with van der Waals surface area (Å²) in [6.07, 6.45) is 3.06. The predicted molar refractivity (Wildman–Crippen MR) is 186 cm³/mol. The molecule has 2 atom stereocenters. The number of nitrogens with zero attached hydrogens (tertiary/aromatic N) is 1. The van der Waals surface area contributed by atoms with Gasteiger partial charge in [-0.15, -0.1) is 0 Å². The molecule has 2 fully saturated rings. The van der Waals surface area contributed by atoms with E-state index in [4.69, 9.17) is 9.16 Å². The molecule has 5 nitrogen and oxygen atoms in total. The Hall–Kier alpha value is -4.07. The Balaban J connectivity index is 1.24. The Kier molecular flexibility index (Phi) is 9.76. The highest BCUT2D eigenvalue weighted by molar-refractivity contribution is 6.99. The second kappa shape index (κ2) is 14.0. The molecule has 1 heterocycles. The van der Waals surface area contributed by atoms with Crippen LogP contribution in [0.25, 0.3) is 0 Å². The molecule has 0 radical (unpaired) electrons. The summed E-state index contributed by atoms with van der Waals surface area (Å²) in [5, 5.41) is 2.41. The maximum absolute atomic E-state index is 14.0. The SMILES string of the molecule is CC(C)(C)[Si](O[C@H]1CC[C@H]([C@@H](CC(=O)N2C(=O)OC[C@@H]2c2ccccc2)c2ccc(F)cc2)CC1)(c1ccccc1)c1ccccc1. The average Bonchev–Trinajstić information content (AvgIpc) is 3.49. The van der Waals surface area contributed by atoms with Crippen molar-refractivity contribution in [2.24, 2.45) is 5.92 Å². The fourth-order valence-corrected chi connectivity index (χ4v) is 12.5. The van der Waals surface area contributed by atoms with Crippen LogP contribution < -0.4 is 10.4 Å². The number of benzene rings is 4. The second-order valence-corrected chi connectivity index (χ2v) is 18.2. The molecule has 1 saturated carbocycles. The Morgan fingerprint density at radius 1 is 0.830 bits per heavy atom. The van der Waals surface area contributed by atoms with Gasteiger partial charge < -0.3 is 9.16 Å². The normalized spacial score (nSPS) is 20.9. The van der Waals surface area contributed by atoms with Crippen LogP contribution in [0.5, 0.6) is 0 Å². The minimum atomic E-state index is -2.70. The van der Waals surface area contributed by atoms with E-state index in [-0.39, 0.29) is 47.7 Å². The summed E-state index contributed by atoms with van der Waals surface area (Å²) in [6, 6.07) is 37.0. The second-order valence-electron chi connectivity index (χ2n) is 13.9. The van der Waals surface area contributed by atoms with Crippen LogP contribution >= 0.6 is 0 Å². The van der Waals surface area contributed by atoms with Gasteiger partial charge in [0, 0.05) is 12.5 Å². The van der Waals surface area contributed by atoms with Crippen LogP contribution in [0.15, 0.2) is 115 Å². The van der Waals surface area contributed by atoms with Crippen molar-refractivity contribution >= 4 is 30.7 Å². The Morgan fingerprint density at radius 3 is 1.89 bits per heavy atom. The zero-order chi connectivity index (χ0) is 33.0. The minimum Gasteiger partial charge on any atom is -0.446 e. The molecule has 244 valence electrons. The molecule has 4 aromatic carbocycles. The van der Waals surface area contributed by atoms with Crippen molar-refractivity contribution in [1.82, 2.24) is 4.90 Å². The summed E-state index contributed by atoms with van der Waals surface area (Å²) in [5.74, 6) is -0.561. The summed E-state index contributed by atoms with van der Waals surface area (Å²) in [4.78, 5) is 28.1. The molecule has 1 aliphatic carbocycles. The van der Waals surface area contributed by atoms with Crippen LogP contribution in [0.4, 0.5) is 9.18 Å². The molecule has 47 heavy (non-hydrogen) atoms. The summed E-state index contributed by atoms with van der Waals surface area (Å²) in [7, 11) is -2.70.